The highest BCUT2D eigenvalue weighted by atomic mass is 19.1. The standard InChI is InChI=1S/C24H28FN3O2/c1-18(29)26-24(20-6-8-21(25)9-7-20)12-15-27(16-13-24)17-19-4-10-22(11-5-19)28-14-2-3-23(28)30/h4-11H,2-3,12-17H2,1H3,(H,26,29). The Morgan fingerprint density at radius 3 is 2.27 bits per heavy atom. The van der Waals surface area contributed by atoms with Gasteiger partial charge in [-0.05, 0) is 54.7 Å². The number of rotatable bonds is 5. The highest BCUT2D eigenvalue weighted by Gasteiger charge is 2.37. The van der Waals surface area contributed by atoms with Crippen molar-refractivity contribution in [1.29, 1.82) is 0 Å². The zero-order valence-corrected chi connectivity index (χ0v) is 17.4. The molecule has 6 heteroatoms. The van der Waals surface area contributed by atoms with E-state index in [9.17, 15) is 14.0 Å². The fourth-order valence-corrected chi connectivity index (χ4v) is 4.65. The van der Waals surface area contributed by atoms with Crippen molar-refractivity contribution in [2.75, 3.05) is 24.5 Å². The second-order valence-electron chi connectivity index (χ2n) is 8.36. The fraction of sp³-hybridized carbons (Fsp3) is 0.417. The number of piperidine rings is 1. The molecular weight excluding hydrogens is 381 g/mol. The Morgan fingerprint density at radius 1 is 1.03 bits per heavy atom. The lowest BCUT2D eigenvalue weighted by molar-refractivity contribution is -0.121. The molecule has 158 valence electrons. The Morgan fingerprint density at radius 2 is 1.70 bits per heavy atom. The molecule has 2 fully saturated rings. The molecule has 0 spiro atoms. The number of likely N-dealkylation sites (tertiary alicyclic amines) is 1. The summed E-state index contributed by atoms with van der Waals surface area (Å²) >= 11 is 0. The van der Waals surface area contributed by atoms with E-state index in [1.807, 2.05) is 17.0 Å². The minimum atomic E-state index is -0.448. The zero-order chi connectivity index (χ0) is 21.1. The monoisotopic (exact) mass is 409 g/mol. The second kappa shape index (κ2) is 8.56. The van der Waals surface area contributed by atoms with E-state index >= 15 is 0 Å². The number of halogens is 1. The van der Waals surface area contributed by atoms with Gasteiger partial charge >= 0.3 is 0 Å². The van der Waals surface area contributed by atoms with Gasteiger partial charge in [0.2, 0.25) is 11.8 Å². The van der Waals surface area contributed by atoms with Crippen molar-refractivity contribution in [2.24, 2.45) is 0 Å². The molecule has 2 heterocycles. The molecule has 0 bridgehead atoms. The number of nitrogens with one attached hydrogen (secondary N) is 1. The summed E-state index contributed by atoms with van der Waals surface area (Å²) in [6.07, 6.45) is 3.12. The van der Waals surface area contributed by atoms with Gasteiger partial charge in [0.05, 0.1) is 5.54 Å². The van der Waals surface area contributed by atoms with Gasteiger partial charge in [-0.3, -0.25) is 14.5 Å². The highest BCUT2D eigenvalue weighted by molar-refractivity contribution is 5.95. The third-order valence-electron chi connectivity index (χ3n) is 6.25. The van der Waals surface area contributed by atoms with Gasteiger partial charge in [0.15, 0.2) is 0 Å². The molecule has 2 aliphatic rings. The second-order valence-corrected chi connectivity index (χ2v) is 8.36. The first-order chi connectivity index (χ1) is 14.4. The molecule has 0 aromatic heterocycles. The minimum absolute atomic E-state index is 0.0696. The van der Waals surface area contributed by atoms with Gasteiger partial charge in [-0.15, -0.1) is 0 Å². The Kier molecular flexibility index (Phi) is 5.86. The van der Waals surface area contributed by atoms with Crippen LogP contribution in [0.15, 0.2) is 48.5 Å². The first kappa shape index (κ1) is 20.5. The number of amides is 2. The summed E-state index contributed by atoms with van der Waals surface area (Å²) in [5, 5.41) is 3.13. The molecule has 4 rings (SSSR count). The molecule has 2 aromatic carbocycles. The average molecular weight is 410 g/mol. The van der Waals surface area contributed by atoms with Crippen LogP contribution in [-0.4, -0.2) is 36.3 Å². The first-order valence-corrected chi connectivity index (χ1v) is 10.6. The van der Waals surface area contributed by atoms with E-state index in [4.69, 9.17) is 0 Å². The predicted octanol–water partition coefficient (Wildman–Crippen LogP) is 3.58. The van der Waals surface area contributed by atoms with E-state index < -0.39 is 5.54 Å². The normalized spacial score (nSPS) is 19.1. The lowest BCUT2D eigenvalue weighted by atomic mass is 9.80. The van der Waals surface area contributed by atoms with E-state index in [-0.39, 0.29) is 17.6 Å². The number of hydrogen-bond acceptors (Lipinski definition) is 3. The molecule has 2 aliphatic heterocycles. The van der Waals surface area contributed by atoms with E-state index in [2.05, 4.69) is 22.3 Å². The predicted molar refractivity (Wildman–Crippen MR) is 114 cm³/mol. The molecule has 0 aliphatic carbocycles. The molecule has 2 amide bonds. The maximum absolute atomic E-state index is 13.4. The molecule has 0 radical (unpaired) electrons. The fourth-order valence-electron chi connectivity index (χ4n) is 4.65. The molecular formula is C24H28FN3O2. The zero-order valence-electron chi connectivity index (χ0n) is 17.4. The molecule has 30 heavy (non-hydrogen) atoms. The maximum atomic E-state index is 13.4. The number of benzene rings is 2. The number of carbonyl (C=O) groups is 2. The SMILES string of the molecule is CC(=O)NC1(c2ccc(F)cc2)CCN(Cc2ccc(N3CCCC3=O)cc2)CC1. The molecule has 5 nitrogen and oxygen atoms in total. The maximum Gasteiger partial charge on any atom is 0.227 e. The van der Waals surface area contributed by atoms with Gasteiger partial charge in [0, 0.05) is 45.2 Å². The first-order valence-electron chi connectivity index (χ1n) is 10.6. The smallest absolute Gasteiger partial charge is 0.227 e. The van der Waals surface area contributed by atoms with Gasteiger partial charge < -0.3 is 10.2 Å². The van der Waals surface area contributed by atoms with Crippen molar-refractivity contribution in [3.63, 3.8) is 0 Å². The number of anilines is 1. The Bertz CT molecular complexity index is 903. The van der Waals surface area contributed by atoms with Crippen LogP contribution in [0.4, 0.5) is 10.1 Å². The lowest BCUT2D eigenvalue weighted by Crippen LogP contribution is -2.52. The number of nitrogens with zero attached hydrogens (tertiary/aromatic N) is 2. The van der Waals surface area contributed by atoms with Crippen molar-refractivity contribution in [3.05, 3.63) is 65.5 Å². The summed E-state index contributed by atoms with van der Waals surface area (Å²) in [5.74, 6) is -0.137. The summed E-state index contributed by atoms with van der Waals surface area (Å²) in [6.45, 7) is 4.84. The van der Waals surface area contributed by atoms with E-state index in [1.165, 1.54) is 24.6 Å². The van der Waals surface area contributed by atoms with Crippen LogP contribution in [-0.2, 0) is 21.7 Å². The van der Waals surface area contributed by atoms with Gasteiger partial charge in [-0.2, -0.15) is 0 Å². The highest BCUT2D eigenvalue weighted by Crippen LogP contribution is 2.34. The number of carbonyl (C=O) groups excluding carboxylic acids is 2. The van der Waals surface area contributed by atoms with Crippen molar-refractivity contribution in [2.45, 2.75) is 44.7 Å². The Hall–Kier alpha value is -2.73. The van der Waals surface area contributed by atoms with Crippen LogP contribution in [0.25, 0.3) is 0 Å². The van der Waals surface area contributed by atoms with Crippen LogP contribution < -0.4 is 10.2 Å². The van der Waals surface area contributed by atoms with E-state index in [0.29, 0.717) is 6.42 Å². The van der Waals surface area contributed by atoms with Gasteiger partial charge in [0.1, 0.15) is 5.82 Å². The summed E-state index contributed by atoms with van der Waals surface area (Å²) < 4.78 is 13.4. The topological polar surface area (TPSA) is 52.7 Å². The average Bonchev–Trinajstić information content (AvgIpc) is 3.16. The Balaban J connectivity index is 1.41. The van der Waals surface area contributed by atoms with Crippen molar-refractivity contribution >= 4 is 17.5 Å². The summed E-state index contributed by atoms with van der Waals surface area (Å²) in [5.41, 5.74) is 2.69. The third-order valence-corrected chi connectivity index (χ3v) is 6.25. The van der Waals surface area contributed by atoms with E-state index in [1.54, 1.807) is 12.1 Å². The largest absolute Gasteiger partial charge is 0.347 e. The van der Waals surface area contributed by atoms with E-state index in [0.717, 1.165) is 56.7 Å². The van der Waals surface area contributed by atoms with Gasteiger partial charge in [0.25, 0.3) is 0 Å². The van der Waals surface area contributed by atoms with Crippen molar-refractivity contribution < 1.29 is 14.0 Å². The van der Waals surface area contributed by atoms with Crippen LogP contribution in [0.1, 0.15) is 43.7 Å². The van der Waals surface area contributed by atoms with Crippen LogP contribution >= 0.6 is 0 Å². The van der Waals surface area contributed by atoms with Crippen LogP contribution in [0.2, 0.25) is 0 Å². The summed E-state index contributed by atoms with van der Waals surface area (Å²) in [6, 6.07) is 14.7. The van der Waals surface area contributed by atoms with Crippen LogP contribution in [0.5, 0.6) is 0 Å². The van der Waals surface area contributed by atoms with Crippen LogP contribution in [0, 0.1) is 5.82 Å². The molecule has 0 unspecified atom stereocenters. The van der Waals surface area contributed by atoms with Crippen molar-refractivity contribution in [1.82, 2.24) is 10.2 Å². The molecule has 0 atom stereocenters. The third kappa shape index (κ3) is 4.38. The molecule has 2 saturated heterocycles. The van der Waals surface area contributed by atoms with Crippen LogP contribution in [0.3, 0.4) is 0 Å². The molecule has 0 saturated carbocycles. The summed E-state index contributed by atoms with van der Waals surface area (Å²) in [7, 11) is 0. The molecule has 2 aromatic rings. The van der Waals surface area contributed by atoms with Crippen molar-refractivity contribution in [3.8, 4) is 0 Å². The quantitative estimate of drug-likeness (QED) is 0.821. The summed E-state index contributed by atoms with van der Waals surface area (Å²) in [4.78, 5) is 28.0. The Labute approximate surface area is 176 Å². The lowest BCUT2D eigenvalue weighted by Gasteiger charge is -2.42. The van der Waals surface area contributed by atoms with Gasteiger partial charge in [-0.1, -0.05) is 24.3 Å². The number of hydrogen-bond donors (Lipinski definition) is 1. The molecule has 1 N–H and O–H groups in total. The minimum Gasteiger partial charge on any atom is -0.347 e. The van der Waals surface area contributed by atoms with Gasteiger partial charge in [-0.25, -0.2) is 4.39 Å².